The summed E-state index contributed by atoms with van der Waals surface area (Å²) >= 11 is 3.48. The Morgan fingerprint density at radius 2 is 2.05 bits per heavy atom. The average molecular weight is 341 g/mol. The Morgan fingerprint density at radius 3 is 2.70 bits per heavy atom. The maximum absolute atomic E-state index is 10.0. The molecule has 1 aliphatic rings. The van der Waals surface area contributed by atoms with Crippen molar-refractivity contribution in [1.29, 1.82) is 0 Å². The Bertz CT molecular complexity index is 432. The number of phenolic OH excluding ortho intramolecular Hbond substituents is 1. The monoisotopic (exact) mass is 340 g/mol. The number of nitrogens with one attached hydrogen (secondary N) is 1. The van der Waals surface area contributed by atoms with Crippen molar-refractivity contribution in [3.05, 3.63) is 28.2 Å². The highest BCUT2D eigenvalue weighted by Gasteiger charge is 2.20. The second-order valence-corrected chi connectivity index (χ2v) is 6.58. The molecule has 0 spiro atoms. The molecule has 0 aliphatic carbocycles. The highest BCUT2D eigenvalue weighted by molar-refractivity contribution is 9.10. The van der Waals surface area contributed by atoms with E-state index in [4.69, 9.17) is 0 Å². The van der Waals surface area contributed by atoms with Crippen molar-refractivity contribution in [2.45, 2.75) is 45.2 Å². The zero-order valence-corrected chi connectivity index (χ0v) is 14.0. The first-order valence-electron chi connectivity index (χ1n) is 7.57. The zero-order chi connectivity index (χ0) is 14.5. The maximum atomic E-state index is 10.0. The van der Waals surface area contributed by atoms with Crippen LogP contribution in [0.5, 0.6) is 5.75 Å². The molecular formula is C16H25BrN2O. The van der Waals surface area contributed by atoms with Crippen LogP contribution in [0.2, 0.25) is 0 Å². The van der Waals surface area contributed by atoms with E-state index in [-0.39, 0.29) is 6.04 Å². The summed E-state index contributed by atoms with van der Waals surface area (Å²) in [5.41, 5.74) is 0.982. The number of phenols is 1. The van der Waals surface area contributed by atoms with Gasteiger partial charge < -0.3 is 10.4 Å². The van der Waals surface area contributed by atoms with Crippen molar-refractivity contribution in [3.8, 4) is 5.75 Å². The summed E-state index contributed by atoms with van der Waals surface area (Å²) in [6, 6.07) is 6.40. The standard InChI is InChI=1S/C16H25BrN2O/c1-3-15(14-10-13(17)6-7-16(14)20)18-11-12(2)19-8-4-5-9-19/h6-7,10,12,15,18,20H,3-5,8-9,11H2,1-2H3. The molecule has 2 unspecified atom stereocenters. The van der Waals surface area contributed by atoms with E-state index in [1.54, 1.807) is 6.07 Å². The molecule has 1 aromatic carbocycles. The minimum absolute atomic E-state index is 0.206. The number of likely N-dealkylation sites (tertiary alicyclic amines) is 1. The van der Waals surface area contributed by atoms with E-state index >= 15 is 0 Å². The molecular weight excluding hydrogens is 316 g/mol. The topological polar surface area (TPSA) is 35.5 Å². The number of hydrogen-bond donors (Lipinski definition) is 2. The summed E-state index contributed by atoms with van der Waals surface area (Å²) in [4.78, 5) is 2.54. The van der Waals surface area contributed by atoms with Gasteiger partial charge in [0.2, 0.25) is 0 Å². The molecule has 2 atom stereocenters. The molecule has 2 N–H and O–H groups in total. The van der Waals surface area contributed by atoms with Crippen LogP contribution in [-0.2, 0) is 0 Å². The first-order valence-corrected chi connectivity index (χ1v) is 8.37. The molecule has 3 nitrogen and oxygen atoms in total. The smallest absolute Gasteiger partial charge is 0.120 e. The van der Waals surface area contributed by atoms with Gasteiger partial charge in [0, 0.05) is 28.7 Å². The zero-order valence-electron chi connectivity index (χ0n) is 12.4. The van der Waals surface area contributed by atoms with Gasteiger partial charge in [-0.05, 0) is 57.5 Å². The molecule has 1 saturated heterocycles. The minimum Gasteiger partial charge on any atom is -0.508 e. The quantitative estimate of drug-likeness (QED) is 0.829. The van der Waals surface area contributed by atoms with E-state index < -0.39 is 0 Å². The van der Waals surface area contributed by atoms with Gasteiger partial charge in [-0.25, -0.2) is 0 Å². The molecule has 0 saturated carbocycles. The van der Waals surface area contributed by atoms with Crippen LogP contribution in [0.1, 0.15) is 44.7 Å². The maximum Gasteiger partial charge on any atom is 0.120 e. The molecule has 0 radical (unpaired) electrons. The van der Waals surface area contributed by atoms with Crippen LogP contribution < -0.4 is 5.32 Å². The van der Waals surface area contributed by atoms with Gasteiger partial charge in [-0.1, -0.05) is 22.9 Å². The first-order chi connectivity index (χ1) is 9.61. The largest absolute Gasteiger partial charge is 0.508 e. The van der Waals surface area contributed by atoms with Crippen molar-refractivity contribution in [2.24, 2.45) is 0 Å². The molecule has 1 aliphatic heterocycles. The summed E-state index contributed by atoms with van der Waals surface area (Å²) in [5, 5.41) is 13.6. The lowest BCUT2D eigenvalue weighted by atomic mass is 10.0. The Morgan fingerprint density at radius 1 is 1.35 bits per heavy atom. The van der Waals surface area contributed by atoms with E-state index in [0.29, 0.717) is 11.8 Å². The van der Waals surface area contributed by atoms with Gasteiger partial charge in [-0.2, -0.15) is 0 Å². The molecule has 2 rings (SSSR count). The number of nitrogens with zero attached hydrogens (tertiary/aromatic N) is 1. The lowest BCUT2D eigenvalue weighted by Crippen LogP contribution is -2.39. The molecule has 0 amide bonds. The number of rotatable bonds is 6. The Kier molecular flexibility index (Phi) is 5.87. The van der Waals surface area contributed by atoms with E-state index in [1.165, 1.54) is 25.9 Å². The van der Waals surface area contributed by atoms with E-state index in [9.17, 15) is 5.11 Å². The van der Waals surface area contributed by atoms with Crippen LogP contribution in [0.4, 0.5) is 0 Å². The summed E-state index contributed by atoms with van der Waals surface area (Å²) in [6.45, 7) is 7.85. The fraction of sp³-hybridized carbons (Fsp3) is 0.625. The molecule has 1 aromatic rings. The summed E-state index contributed by atoms with van der Waals surface area (Å²) in [5.74, 6) is 0.376. The van der Waals surface area contributed by atoms with Gasteiger partial charge in [0.15, 0.2) is 0 Å². The van der Waals surface area contributed by atoms with Crippen LogP contribution in [0, 0.1) is 0 Å². The highest BCUT2D eigenvalue weighted by Crippen LogP contribution is 2.29. The number of hydrogen-bond acceptors (Lipinski definition) is 3. The fourth-order valence-corrected chi connectivity index (χ4v) is 3.28. The molecule has 4 heteroatoms. The van der Waals surface area contributed by atoms with Gasteiger partial charge in [0.05, 0.1) is 0 Å². The van der Waals surface area contributed by atoms with Crippen molar-refractivity contribution in [3.63, 3.8) is 0 Å². The minimum atomic E-state index is 0.206. The number of benzene rings is 1. The van der Waals surface area contributed by atoms with E-state index in [0.717, 1.165) is 23.0 Å². The van der Waals surface area contributed by atoms with E-state index in [2.05, 4.69) is 40.0 Å². The molecule has 20 heavy (non-hydrogen) atoms. The SMILES string of the molecule is CCC(NCC(C)N1CCCC1)c1cc(Br)ccc1O. The summed E-state index contributed by atoms with van der Waals surface area (Å²) in [7, 11) is 0. The van der Waals surface area contributed by atoms with Crippen molar-refractivity contribution in [2.75, 3.05) is 19.6 Å². The van der Waals surface area contributed by atoms with Crippen molar-refractivity contribution < 1.29 is 5.11 Å². The van der Waals surface area contributed by atoms with Gasteiger partial charge in [0.1, 0.15) is 5.75 Å². The molecule has 0 bridgehead atoms. The summed E-state index contributed by atoms with van der Waals surface area (Å²) < 4.78 is 1.01. The average Bonchev–Trinajstić information content (AvgIpc) is 2.97. The molecule has 1 heterocycles. The van der Waals surface area contributed by atoms with Crippen LogP contribution in [-0.4, -0.2) is 35.7 Å². The third-order valence-electron chi connectivity index (χ3n) is 4.20. The second-order valence-electron chi connectivity index (χ2n) is 5.66. The van der Waals surface area contributed by atoms with Crippen LogP contribution in [0.25, 0.3) is 0 Å². The Balaban J connectivity index is 1.96. The lowest BCUT2D eigenvalue weighted by Gasteiger charge is -2.27. The Hall–Kier alpha value is -0.580. The highest BCUT2D eigenvalue weighted by atomic mass is 79.9. The van der Waals surface area contributed by atoms with Crippen molar-refractivity contribution >= 4 is 15.9 Å². The van der Waals surface area contributed by atoms with Crippen LogP contribution in [0.3, 0.4) is 0 Å². The lowest BCUT2D eigenvalue weighted by molar-refractivity contribution is 0.244. The number of halogens is 1. The predicted octanol–water partition coefficient (Wildman–Crippen LogP) is 3.68. The van der Waals surface area contributed by atoms with Gasteiger partial charge in [-0.15, -0.1) is 0 Å². The molecule has 0 aromatic heterocycles. The van der Waals surface area contributed by atoms with Gasteiger partial charge in [0.25, 0.3) is 0 Å². The van der Waals surface area contributed by atoms with Crippen molar-refractivity contribution in [1.82, 2.24) is 10.2 Å². The van der Waals surface area contributed by atoms with Gasteiger partial charge in [-0.3, -0.25) is 4.90 Å². The third kappa shape index (κ3) is 3.96. The first kappa shape index (κ1) is 15.8. The van der Waals surface area contributed by atoms with Crippen LogP contribution >= 0.6 is 15.9 Å². The Labute approximate surface area is 130 Å². The molecule has 112 valence electrons. The van der Waals surface area contributed by atoms with E-state index in [1.807, 2.05) is 12.1 Å². The summed E-state index contributed by atoms with van der Waals surface area (Å²) in [6.07, 6.45) is 3.62. The van der Waals surface area contributed by atoms with Crippen LogP contribution in [0.15, 0.2) is 22.7 Å². The van der Waals surface area contributed by atoms with Gasteiger partial charge >= 0.3 is 0 Å². The third-order valence-corrected chi connectivity index (χ3v) is 4.69. The second kappa shape index (κ2) is 7.43. The fourth-order valence-electron chi connectivity index (χ4n) is 2.90. The predicted molar refractivity (Wildman–Crippen MR) is 87.1 cm³/mol. The normalized spacial score (nSPS) is 19.1. The molecule has 1 fully saturated rings. The number of aromatic hydroxyl groups is 1.